The number of piperidine rings is 1. The van der Waals surface area contributed by atoms with Crippen LogP contribution < -0.4 is 4.74 Å². The molecule has 0 aromatic heterocycles. The Hall–Kier alpha value is -1.02. The fourth-order valence-corrected chi connectivity index (χ4v) is 2.19. The molecule has 0 aliphatic carbocycles. The van der Waals surface area contributed by atoms with Crippen molar-refractivity contribution in [2.24, 2.45) is 0 Å². The van der Waals surface area contributed by atoms with E-state index in [9.17, 15) is 0 Å². The quantitative estimate of drug-likeness (QED) is 0.809. The summed E-state index contributed by atoms with van der Waals surface area (Å²) in [4.78, 5) is 2.37. The van der Waals surface area contributed by atoms with Crippen molar-refractivity contribution in [1.82, 2.24) is 4.90 Å². The van der Waals surface area contributed by atoms with Crippen LogP contribution in [-0.2, 0) is 6.42 Å². The summed E-state index contributed by atoms with van der Waals surface area (Å²) in [6.07, 6.45) is 3.75. The van der Waals surface area contributed by atoms with Crippen LogP contribution in [0.5, 0.6) is 5.75 Å². The topological polar surface area (TPSA) is 12.5 Å². The van der Waals surface area contributed by atoms with Crippen LogP contribution in [-0.4, -0.2) is 31.1 Å². The number of para-hydroxylation sites is 1. The van der Waals surface area contributed by atoms with Gasteiger partial charge in [0.2, 0.25) is 0 Å². The van der Waals surface area contributed by atoms with Gasteiger partial charge in [0.1, 0.15) is 11.9 Å². The third-order valence-corrected chi connectivity index (χ3v) is 3.31. The van der Waals surface area contributed by atoms with Crippen molar-refractivity contribution >= 4 is 0 Å². The van der Waals surface area contributed by atoms with Crippen molar-refractivity contribution in [1.29, 1.82) is 0 Å². The summed E-state index contributed by atoms with van der Waals surface area (Å²) in [5.74, 6) is 1.08. The van der Waals surface area contributed by atoms with Gasteiger partial charge in [0.15, 0.2) is 0 Å². The maximum absolute atomic E-state index is 6.10. The second-order valence-electron chi connectivity index (χ2n) is 4.58. The van der Waals surface area contributed by atoms with E-state index in [1.165, 1.54) is 5.56 Å². The molecule has 0 unspecified atom stereocenters. The zero-order valence-corrected chi connectivity index (χ0v) is 12.3. The Morgan fingerprint density at radius 1 is 1.17 bits per heavy atom. The summed E-state index contributed by atoms with van der Waals surface area (Å²) in [7, 11) is 2.18. The van der Waals surface area contributed by atoms with Crippen molar-refractivity contribution in [3.63, 3.8) is 0 Å². The summed E-state index contributed by atoms with van der Waals surface area (Å²) in [5, 5.41) is 0. The van der Waals surface area contributed by atoms with Gasteiger partial charge in [-0.3, -0.25) is 0 Å². The van der Waals surface area contributed by atoms with Crippen LogP contribution in [0.4, 0.5) is 0 Å². The lowest BCUT2D eigenvalue weighted by atomic mass is 10.1. The average Bonchev–Trinajstić information content (AvgIpc) is 2.44. The molecule has 102 valence electrons. The molecule has 1 aliphatic heterocycles. The summed E-state index contributed by atoms with van der Waals surface area (Å²) in [6.45, 7) is 8.48. The van der Waals surface area contributed by atoms with Crippen molar-refractivity contribution in [2.75, 3.05) is 20.1 Å². The number of ether oxygens (including phenoxy) is 1. The maximum atomic E-state index is 6.10. The van der Waals surface area contributed by atoms with Crippen LogP contribution in [0, 0.1) is 0 Å². The largest absolute Gasteiger partial charge is 0.490 e. The summed E-state index contributed by atoms with van der Waals surface area (Å²) >= 11 is 0. The first-order valence-electron chi connectivity index (χ1n) is 7.22. The zero-order valence-electron chi connectivity index (χ0n) is 12.3. The van der Waals surface area contributed by atoms with E-state index in [0.29, 0.717) is 6.10 Å². The SMILES string of the molecule is CC.CCc1ccccc1OC1CCN(C)CC1. The molecule has 1 saturated heterocycles. The van der Waals surface area contributed by atoms with E-state index in [0.717, 1.165) is 38.1 Å². The summed E-state index contributed by atoms with van der Waals surface area (Å²) in [5.41, 5.74) is 1.32. The predicted octanol–water partition coefficient (Wildman–Crippen LogP) is 3.75. The molecule has 1 aliphatic rings. The van der Waals surface area contributed by atoms with Gasteiger partial charge in [-0.1, -0.05) is 39.0 Å². The minimum atomic E-state index is 0.406. The smallest absolute Gasteiger partial charge is 0.122 e. The third-order valence-electron chi connectivity index (χ3n) is 3.31. The van der Waals surface area contributed by atoms with Crippen molar-refractivity contribution < 1.29 is 4.74 Å². The molecule has 0 saturated carbocycles. The van der Waals surface area contributed by atoms with Crippen LogP contribution in [0.25, 0.3) is 0 Å². The van der Waals surface area contributed by atoms with Gasteiger partial charge in [-0.15, -0.1) is 0 Å². The lowest BCUT2D eigenvalue weighted by Crippen LogP contribution is -2.35. The molecule has 2 nitrogen and oxygen atoms in total. The Morgan fingerprint density at radius 3 is 2.39 bits per heavy atom. The molecular weight excluding hydrogens is 222 g/mol. The molecule has 0 atom stereocenters. The van der Waals surface area contributed by atoms with Gasteiger partial charge in [-0.2, -0.15) is 0 Å². The molecule has 0 radical (unpaired) electrons. The number of benzene rings is 1. The highest BCUT2D eigenvalue weighted by atomic mass is 16.5. The van der Waals surface area contributed by atoms with Gasteiger partial charge in [-0.25, -0.2) is 0 Å². The second kappa shape index (κ2) is 8.15. The van der Waals surface area contributed by atoms with E-state index in [-0.39, 0.29) is 0 Å². The van der Waals surface area contributed by atoms with Crippen LogP contribution in [0.1, 0.15) is 39.2 Å². The van der Waals surface area contributed by atoms with Gasteiger partial charge in [0.05, 0.1) is 0 Å². The van der Waals surface area contributed by atoms with Crippen LogP contribution in [0.2, 0.25) is 0 Å². The molecule has 0 amide bonds. The van der Waals surface area contributed by atoms with Gasteiger partial charge >= 0.3 is 0 Å². The van der Waals surface area contributed by atoms with Gasteiger partial charge in [-0.05, 0) is 37.9 Å². The standard InChI is InChI=1S/C14H21NO.C2H6/c1-3-12-6-4-5-7-14(12)16-13-8-10-15(2)11-9-13;1-2/h4-7,13H,3,8-11H2,1-2H3;1-2H3. The number of nitrogens with zero attached hydrogens (tertiary/aromatic N) is 1. The van der Waals surface area contributed by atoms with Crippen molar-refractivity contribution in [2.45, 2.75) is 46.1 Å². The maximum Gasteiger partial charge on any atom is 0.122 e. The van der Waals surface area contributed by atoms with Gasteiger partial charge in [0, 0.05) is 13.1 Å². The highest BCUT2D eigenvalue weighted by Crippen LogP contribution is 2.22. The van der Waals surface area contributed by atoms with Crippen molar-refractivity contribution in [3.8, 4) is 5.75 Å². The number of aryl methyl sites for hydroxylation is 1. The first-order valence-corrected chi connectivity index (χ1v) is 7.22. The van der Waals surface area contributed by atoms with Crippen LogP contribution >= 0.6 is 0 Å². The Morgan fingerprint density at radius 2 is 1.78 bits per heavy atom. The molecule has 2 rings (SSSR count). The molecule has 0 spiro atoms. The summed E-state index contributed by atoms with van der Waals surface area (Å²) in [6, 6.07) is 8.39. The number of rotatable bonds is 3. The highest BCUT2D eigenvalue weighted by Gasteiger charge is 2.18. The second-order valence-corrected chi connectivity index (χ2v) is 4.58. The normalized spacial score (nSPS) is 16.9. The average molecular weight is 249 g/mol. The van der Waals surface area contributed by atoms with E-state index in [1.807, 2.05) is 13.8 Å². The first-order chi connectivity index (χ1) is 8.79. The third kappa shape index (κ3) is 4.34. The first kappa shape index (κ1) is 15.0. The number of hydrogen-bond donors (Lipinski definition) is 0. The predicted molar refractivity (Wildman–Crippen MR) is 78.3 cm³/mol. The minimum absolute atomic E-state index is 0.406. The van der Waals surface area contributed by atoms with E-state index < -0.39 is 0 Å². The molecule has 1 fully saturated rings. The number of hydrogen-bond acceptors (Lipinski definition) is 2. The lowest BCUT2D eigenvalue weighted by Gasteiger charge is -2.29. The minimum Gasteiger partial charge on any atom is -0.490 e. The van der Waals surface area contributed by atoms with E-state index >= 15 is 0 Å². The Labute approximate surface area is 112 Å². The van der Waals surface area contributed by atoms with Crippen molar-refractivity contribution in [3.05, 3.63) is 29.8 Å². The fourth-order valence-electron chi connectivity index (χ4n) is 2.19. The molecule has 2 heteroatoms. The molecule has 0 bridgehead atoms. The zero-order chi connectivity index (χ0) is 13.4. The summed E-state index contributed by atoms with van der Waals surface area (Å²) < 4.78 is 6.10. The Bertz CT molecular complexity index is 330. The molecule has 1 aromatic carbocycles. The lowest BCUT2D eigenvalue weighted by molar-refractivity contribution is 0.113. The molecule has 18 heavy (non-hydrogen) atoms. The highest BCUT2D eigenvalue weighted by molar-refractivity contribution is 5.33. The molecule has 1 heterocycles. The van der Waals surface area contributed by atoms with Crippen LogP contribution in [0.15, 0.2) is 24.3 Å². The number of likely N-dealkylation sites (tertiary alicyclic amines) is 1. The Kier molecular flexibility index (Phi) is 6.81. The molecule has 1 aromatic rings. The van der Waals surface area contributed by atoms with E-state index in [2.05, 4.69) is 43.1 Å². The Balaban J connectivity index is 0.000000771. The molecule has 0 N–H and O–H groups in total. The molecular formula is C16H27NO. The fraction of sp³-hybridized carbons (Fsp3) is 0.625. The monoisotopic (exact) mass is 249 g/mol. The van der Waals surface area contributed by atoms with Gasteiger partial charge < -0.3 is 9.64 Å². The van der Waals surface area contributed by atoms with E-state index in [1.54, 1.807) is 0 Å². The van der Waals surface area contributed by atoms with E-state index in [4.69, 9.17) is 4.74 Å². The van der Waals surface area contributed by atoms with Gasteiger partial charge in [0.25, 0.3) is 0 Å². The van der Waals surface area contributed by atoms with Crippen LogP contribution in [0.3, 0.4) is 0 Å².